The number of carbonyl (C=O) groups excluding carboxylic acids is 2. The Kier molecular flexibility index (Phi) is 34.9. The Hall–Kier alpha value is -2.81. The predicted octanol–water partition coefficient (Wildman–Crippen LogP) is 11.6. The highest BCUT2D eigenvalue weighted by Gasteiger charge is 2.27. The first-order valence-corrected chi connectivity index (χ1v) is 22.3. The van der Waals surface area contributed by atoms with E-state index in [2.05, 4.69) is 86.8 Å². The van der Waals surface area contributed by atoms with E-state index in [0.717, 1.165) is 77.0 Å². The molecule has 0 amide bonds. The zero-order chi connectivity index (χ0) is 40.7. The molecule has 1 N–H and O–H groups in total. The minimum Gasteiger partial charge on any atom is -0.462 e. The molecule has 1 unspecified atom stereocenters. The van der Waals surface area contributed by atoms with Gasteiger partial charge in [0.1, 0.15) is 19.8 Å². The molecule has 9 nitrogen and oxygen atoms in total. The summed E-state index contributed by atoms with van der Waals surface area (Å²) in [5.74, 6) is -0.917. The van der Waals surface area contributed by atoms with Crippen molar-refractivity contribution in [2.45, 2.75) is 142 Å². The van der Waals surface area contributed by atoms with Crippen LogP contribution in [-0.4, -0.2) is 74.9 Å². The number of carbonyl (C=O) groups is 2. The van der Waals surface area contributed by atoms with E-state index in [-0.39, 0.29) is 26.1 Å². The standard InChI is InChI=1S/C45H76NO8P/c1-6-8-10-12-14-16-18-20-21-22-23-24-25-26-28-30-32-34-36-38-45(48)54-43(42-53-55(49,50)52-40-39-46(3,4)5)41-51-44(47)37-35-33-31-29-27-19-17-15-13-11-9-7-2/h8,10,14-17,20-21,23-24,26,28,32,34,43H,6-7,9,11-13,18-19,22,25,27,29-31,33,35-42H2,1-5H3/p+1/b10-8-,16-14-,17-15-,21-20-,24-23-,28-26-,34-32-/t43-/m1/s1. The van der Waals surface area contributed by atoms with Crippen molar-refractivity contribution in [3.05, 3.63) is 85.1 Å². The Balaban J connectivity index is 4.56. The summed E-state index contributed by atoms with van der Waals surface area (Å²) in [5.41, 5.74) is 0. The van der Waals surface area contributed by atoms with E-state index in [1.54, 1.807) is 0 Å². The Bertz CT molecular complexity index is 1210. The molecule has 0 radical (unpaired) electrons. The number of phosphoric ester groups is 1. The lowest BCUT2D eigenvalue weighted by atomic mass is 10.1. The van der Waals surface area contributed by atoms with E-state index in [9.17, 15) is 19.0 Å². The second-order valence-electron chi connectivity index (χ2n) is 14.6. The Labute approximate surface area is 335 Å². The molecule has 0 aliphatic heterocycles. The van der Waals surface area contributed by atoms with Crippen LogP contribution in [0.3, 0.4) is 0 Å². The van der Waals surface area contributed by atoms with Gasteiger partial charge in [0.05, 0.1) is 27.7 Å². The summed E-state index contributed by atoms with van der Waals surface area (Å²) in [6, 6.07) is 0. The first-order chi connectivity index (χ1) is 26.5. The molecular weight excluding hydrogens is 713 g/mol. The van der Waals surface area contributed by atoms with Gasteiger partial charge in [-0.1, -0.05) is 131 Å². The molecule has 0 rings (SSSR count). The molecule has 0 heterocycles. The summed E-state index contributed by atoms with van der Waals surface area (Å²) in [7, 11) is 1.41. The number of hydrogen-bond acceptors (Lipinski definition) is 7. The maximum Gasteiger partial charge on any atom is 0.472 e. The molecule has 0 aliphatic rings. The number of ether oxygens (including phenoxy) is 2. The summed E-state index contributed by atoms with van der Waals surface area (Å²) >= 11 is 0. The van der Waals surface area contributed by atoms with Gasteiger partial charge in [-0.05, 0) is 77.0 Å². The van der Waals surface area contributed by atoms with Crippen LogP contribution in [0.1, 0.15) is 136 Å². The molecule has 0 bridgehead atoms. The number of unbranched alkanes of at least 4 members (excludes halogenated alkanes) is 8. The smallest absolute Gasteiger partial charge is 0.462 e. The lowest BCUT2D eigenvalue weighted by molar-refractivity contribution is -0.870. The van der Waals surface area contributed by atoms with Crippen molar-refractivity contribution in [1.82, 2.24) is 0 Å². The van der Waals surface area contributed by atoms with Gasteiger partial charge in [-0.15, -0.1) is 0 Å². The van der Waals surface area contributed by atoms with Crippen molar-refractivity contribution in [2.75, 3.05) is 47.5 Å². The predicted molar refractivity (Wildman–Crippen MR) is 229 cm³/mol. The average Bonchev–Trinajstić information content (AvgIpc) is 3.13. The van der Waals surface area contributed by atoms with Gasteiger partial charge in [-0.25, -0.2) is 4.57 Å². The number of esters is 2. The molecule has 0 saturated heterocycles. The van der Waals surface area contributed by atoms with Crippen LogP contribution in [0.25, 0.3) is 0 Å². The van der Waals surface area contributed by atoms with E-state index in [0.29, 0.717) is 23.9 Å². The highest BCUT2D eigenvalue weighted by atomic mass is 31.2. The van der Waals surface area contributed by atoms with Crippen molar-refractivity contribution in [2.24, 2.45) is 0 Å². The minimum absolute atomic E-state index is 0.0123. The van der Waals surface area contributed by atoms with Gasteiger partial charge in [-0.3, -0.25) is 18.6 Å². The molecule has 0 aromatic heterocycles. The highest BCUT2D eigenvalue weighted by Crippen LogP contribution is 2.43. The van der Waals surface area contributed by atoms with E-state index >= 15 is 0 Å². The monoisotopic (exact) mass is 791 g/mol. The van der Waals surface area contributed by atoms with E-state index in [1.165, 1.54) is 19.3 Å². The number of rotatable bonds is 36. The second kappa shape index (κ2) is 36.8. The van der Waals surface area contributed by atoms with Gasteiger partial charge >= 0.3 is 19.8 Å². The third kappa shape index (κ3) is 40.7. The van der Waals surface area contributed by atoms with Gasteiger partial charge in [0.2, 0.25) is 0 Å². The lowest BCUT2D eigenvalue weighted by Crippen LogP contribution is -2.37. The summed E-state index contributed by atoms with van der Waals surface area (Å²) in [6.07, 6.45) is 46.5. The van der Waals surface area contributed by atoms with Crippen molar-refractivity contribution in [1.29, 1.82) is 0 Å². The third-order valence-corrected chi connectivity index (χ3v) is 9.16. The van der Waals surface area contributed by atoms with Gasteiger partial charge < -0.3 is 18.9 Å². The lowest BCUT2D eigenvalue weighted by Gasteiger charge is -2.24. The normalized spacial score (nSPS) is 14.5. The topological polar surface area (TPSA) is 108 Å². The molecule has 2 atom stereocenters. The Morgan fingerprint density at radius 1 is 0.582 bits per heavy atom. The molecule has 0 fully saturated rings. The van der Waals surface area contributed by atoms with Gasteiger partial charge in [0, 0.05) is 12.8 Å². The molecule has 0 aliphatic carbocycles. The quantitative estimate of drug-likeness (QED) is 0.0220. The Morgan fingerprint density at radius 3 is 1.62 bits per heavy atom. The maximum absolute atomic E-state index is 12.6. The van der Waals surface area contributed by atoms with E-state index in [4.69, 9.17) is 18.5 Å². The molecule has 0 aromatic rings. The maximum atomic E-state index is 12.6. The van der Waals surface area contributed by atoms with Crippen molar-refractivity contribution in [3.63, 3.8) is 0 Å². The molecule has 0 aromatic carbocycles. The van der Waals surface area contributed by atoms with Crippen LogP contribution in [0.2, 0.25) is 0 Å². The fraction of sp³-hybridized carbons (Fsp3) is 0.644. The van der Waals surface area contributed by atoms with Crippen LogP contribution in [-0.2, 0) is 32.7 Å². The van der Waals surface area contributed by atoms with E-state index < -0.39 is 32.5 Å². The second-order valence-corrected chi connectivity index (χ2v) is 16.1. The minimum atomic E-state index is -4.40. The number of quaternary nitrogens is 1. The molecule has 0 spiro atoms. The number of phosphoric acid groups is 1. The highest BCUT2D eigenvalue weighted by molar-refractivity contribution is 7.47. The summed E-state index contributed by atoms with van der Waals surface area (Å²) < 4.78 is 34.1. The van der Waals surface area contributed by atoms with Crippen LogP contribution in [0.4, 0.5) is 0 Å². The van der Waals surface area contributed by atoms with E-state index in [1.807, 2.05) is 33.3 Å². The largest absolute Gasteiger partial charge is 0.472 e. The molecule has 314 valence electrons. The SMILES string of the molecule is CC/C=C\C/C=C\C/C=C\C/C=C\C/C=C\C/C=C\CCC(=O)O[C@H](COC(=O)CCCCCCC/C=C\CCCCC)COP(=O)(O)OCC[N+](C)(C)C. The first-order valence-electron chi connectivity index (χ1n) is 20.8. The molecule has 55 heavy (non-hydrogen) atoms. The molecule has 0 saturated carbocycles. The van der Waals surface area contributed by atoms with Crippen LogP contribution in [0, 0.1) is 0 Å². The van der Waals surface area contributed by atoms with Crippen LogP contribution >= 0.6 is 7.82 Å². The van der Waals surface area contributed by atoms with Crippen LogP contribution in [0.15, 0.2) is 85.1 Å². The Morgan fingerprint density at radius 2 is 1.07 bits per heavy atom. The summed E-state index contributed by atoms with van der Waals surface area (Å²) in [6.45, 7) is 4.15. The number of likely N-dealkylation sites (N-methyl/N-ethyl adjacent to an activating group) is 1. The number of nitrogens with zero attached hydrogens (tertiary/aromatic N) is 1. The van der Waals surface area contributed by atoms with Gasteiger partial charge in [0.25, 0.3) is 0 Å². The summed E-state index contributed by atoms with van der Waals surface area (Å²) in [5, 5.41) is 0. The zero-order valence-corrected chi connectivity index (χ0v) is 36.0. The molecular formula is C45H77NO8P+. The first kappa shape index (κ1) is 52.2. The van der Waals surface area contributed by atoms with Gasteiger partial charge in [0.15, 0.2) is 6.10 Å². The van der Waals surface area contributed by atoms with Crippen LogP contribution < -0.4 is 0 Å². The fourth-order valence-corrected chi connectivity index (χ4v) is 5.66. The number of hydrogen-bond donors (Lipinski definition) is 1. The third-order valence-electron chi connectivity index (χ3n) is 8.17. The van der Waals surface area contributed by atoms with Crippen molar-refractivity contribution in [3.8, 4) is 0 Å². The van der Waals surface area contributed by atoms with Crippen molar-refractivity contribution >= 4 is 19.8 Å². The number of allylic oxidation sites excluding steroid dienone is 14. The van der Waals surface area contributed by atoms with Gasteiger partial charge in [-0.2, -0.15) is 0 Å². The zero-order valence-electron chi connectivity index (χ0n) is 35.1. The van der Waals surface area contributed by atoms with Crippen LogP contribution in [0.5, 0.6) is 0 Å². The van der Waals surface area contributed by atoms with Crippen molar-refractivity contribution < 1.29 is 42.1 Å². The average molecular weight is 791 g/mol. The summed E-state index contributed by atoms with van der Waals surface area (Å²) in [4.78, 5) is 35.2. The fourth-order valence-electron chi connectivity index (χ4n) is 4.91. The molecule has 10 heteroatoms.